The molecule has 1 atom stereocenters. The average molecular weight is 211 g/mol. The Labute approximate surface area is 90.4 Å². The molecule has 0 aromatic heterocycles. The molecule has 1 aromatic rings. The number of nitrogens with one attached hydrogen (secondary N) is 1. The molecule has 15 heavy (non-hydrogen) atoms. The Hall–Kier alpha value is -1.09. The number of benzene rings is 1. The summed E-state index contributed by atoms with van der Waals surface area (Å²) in [5.41, 5.74) is 0. The second-order valence-electron chi connectivity index (χ2n) is 3.57. The van der Waals surface area contributed by atoms with Gasteiger partial charge in [-0.15, -0.1) is 0 Å². The molecular weight excluding hydrogens is 193 g/mol. The molecule has 1 aromatic carbocycles. The zero-order valence-corrected chi connectivity index (χ0v) is 9.29. The van der Waals surface area contributed by atoms with Gasteiger partial charge in [-0.2, -0.15) is 0 Å². The Kier molecular flexibility index (Phi) is 5.12. The first-order valence-corrected chi connectivity index (χ1v) is 5.34. The van der Waals surface area contributed by atoms with Gasteiger partial charge >= 0.3 is 0 Å². The number of halogens is 1. The van der Waals surface area contributed by atoms with Crippen molar-refractivity contribution in [2.45, 2.75) is 26.3 Å². The first-order valence-electron chi connectivity index (χ1n) is 5.34. The van der Waals surface area contributed by atoms with Crippen LogP contribution in [0, 0.1) is 5.82 Å². The third kappa shape index (κ3) is 4.79. The second-order valence-corrected chi connectivity index (χ2v) is 3.57. The summed E-state index contributed by atoms with van der Waals surface area (Å²) in [6.45, 7) is 5.69. The summed E-state index contributed by atoms with van der Waals surface area (Å²) in [7, 11) is 0. The third-order valence-electron chi connectivity index (χ3n) is 2.29. The molecule has 3 heteroatoms. The largest absolute Gasteiger partial charge is 0.492 e. The maximum absolute atomic E-state index is 12.6. The van der Waals surface area contributed by atoms with E-state index in [1.807, 2.05) is 0 Å². The van der Waals surface area contributed by atoms with E-state index in [9.17, 15) is 4.39 Å². The van der Waals surface area contributed by atoms with E-state index in [-0.39, 0.29) is 5.82 Å². The fraction of sp³-hybridized carbons (Fsp3) is 0.500. The van der Waals surface area contributed by atoms with Gasteiger partial charge in [-0.1, -0.05) is 6.92 Å². The van der Waals surface area contributed by atoms with Crippen molar-refractivity contribution in [1.82, 2.24) is 5.32 Å². The van der Waals surface area contributed by atoms with E-state index in [4.69, 9.17) is 4.74 Å². The van der Waals surface area contributed by atoms with E-state index in [0.717, 1.165) is 13.0 Å². The average Bonchev–Trinajstić information content (AvgIpc) is 2.26. The summed E-state index contributed by atoms with van der Waals surface area (Å²) in [5.74, 6) is 0.474. The van der Waals surface area contributed by atoms with Gasteiger partial charge < -0.3 is 10.1 Å². The van der Waals surface area contributed by atoms with Crippen LogP contribution in [0.4, 0.5) is 4.39 Å². The number of hydrogen-bond donors (Lipinski definition) is 1. The fourth-order valence-electron chi connectivity index (χ4n) is 1.15. The molecule has 0 spiro atoms. The summed E-state index contributed by atoms with van der Waals surface area (Å²) in [6, 6.07) is 6.59. The van der Waals surface area contributed by atoms with Crippen molar-refractivity contribution in [2.75, 3.05) is 13.2 Å². The first kappa shape index (κ1) is 12.0. The van der Waals surface area contributed by atoms with Gasteiger partial charge in [0.2, 0.25) is 0 Å². The number of hydrogen-bond acceptors (Lipinski definition) is 2. The van der Waals surface area contributed by atoms with Gasteiger partial charge in [0, 0.05) is 12.6 Å². The molecule has 84 valence electrons. The molecule has 0 saturated carbocycles. The highest BCUT2D eigenvalue weighted by Gasteiger charge is 1.97. The molecule has 0 saturated heterocycles. The smallest absolute Gasteiger partial charge is 0.123 e. The van der Waals surface area contributed by atoms with Crippen LogP contribution in [0.15, 0.2) is 24.3 Å². The lowest BCUT2D eigenvalue weighted by Crippen LogP contribution is -2.29. The van der Waals surface area contributed by atoms with Crippen LogP contribution in [0.1, 0.15) is 20.3 Å². The quantitative estimate of drug-likeness (QED) is 0.730. The Morgan fingerprint density at radius 3 is 2.60 bits per heavy atom. The van der Waals surface area contributed by atoms with E-state index in [0.29, 0.717) is 18.4 Å². The van der Waals surface area contributed by atoms with Gasteiger partial charge in [0.1, 0.15) is 18.2 Å². The van der Waals surface area contributed by atoms with Gasteiger partial charge in [-0.3, -0.25) is 0 Å². The zero-order valence-electron chi connectivity index (χ0n) is 9.29. The van der Waals surface area contributed by atoms with Gasteiger partial charge in [0.15, 0.2) is 0 Å². The summed E-state index contributed by atoms with van der Waals surface area (Å²) < 4.78 is 18.0. The van der Waals surface area contributed by atoms with E-state index < -0.39 is 0 Å². The van der Waals surface area contributed by atoms with Crippen molar-refractivity contribution in [1.29, 1.82) is 0 Å². The minimum absolute atomic E-state index is 0.236. The van der Waals surface area contributed by atoms with Crippen LogP contribution in [0.3, 0.4) is 0 Å². The van der Waals surface area contributed by atoms with E-state index in [1.54, 1.807) is 12.1 Å². The highest BCUT2D eigenvalue weighted by atomic mass is 19.1. The minimum Gasteiger partial charge on any atom is -0.492 e. The van der Waals surface area contributed by atoms with Crippen LogP contribution >= 0.6 is 0 Å². The van der Waals surface area contributed by atoms with Crippen molar-refractivity contribution in [2.24, 2.45) is 0 Å². The SMILES string of the molecule is CC[C@@H](C)NCCOc1ccc(F)cc1. The molecule has 0 unspecified atom stereocenters. The molecule has 2 nitrogen and oxygen atoms in total. The van der Waals surface area contributed by atoms with Crippen molar-refractivity contribution < 1.29 is 9.13 Å². The predicted octanol–water partition coefficient (Wildman–Crippen LogP) is 2.59. The van der Waals surface area contributed by atoms with Gasteiger partial charge in [0.25, 0.3) is 0 Å². The highest BCUT2D eigenvalue weighted by Crippen LogP contribution is 2.10. The lowest BCUT2D eigenvalue weighted by Gasteiger charge is -2.11. The van der Waals surface area contributed by atoms with Crippen LogP contribution < -0.4 is 10.1 Å². The molecule has 0 heterocycles. The highest BCUT2D eigenvalue weighted by molar-refractivity contribution is 5.21. The second kappa shape index (κ2) is 6.40. The van der Waals surface area contributed by atoms with Crippen molar-refractivity contribution in [3.63, 3.8) is 0 Å². The summed E-state index contributed by atoms with van der Waals surface area (Å²) in [6.07, 6.45) is 1.11. The molecule has 1 N–H and O–H groups in total. The zero-order chi connectivity index (χ0) is 11.1. The number of ether oxygens (including phenoxy) is 1. The normalized spacial score (nSPS) is 12.5. The predicted molar refractivity (Wildman–Crippen MR) is 59.7 cm³/mol. The standard InChI is InChI=1S/C12H18FNO/c1-3-10(2)14-8-9-15-12-6-4-11(13)5-7-12/h4-7,10,14H,3,8-9H2,1-2H3/t10-/m1/s1. The Morgan fingerprint density at radius 1 is 1.33 bits per heavy atom. The van der Waals surface area contributed by atoms with Gasteiger partial charge in [-0.05, 0) is 37.6 Å². The van der Waals surface area contributed by atoms with Crippen molar-refractivity contribution >= 4 is 0 Å². The molecule has 0 fully saturated rings. The van der Waals surface area contributed by atoms with Crippen LogP contribution in [-0.4, -0.2) is 19.2 Å². The maximum Gasteiger partial charge on any atom is 0.123 e. The summed E-state index contributed by atoms with van der Waals surface area (Å²) in [4.78, 5) is 0. The van der Waals surface area contributed by atoms with E-state index in [2.05, 4.69) is 19.2 Å². The maximum atomic E-state index is 12.6. The van der Waals surface area contributed by atoms with Gasteiger partial charge in [0.05, 0.1) is 0 Å². The molecule has 0 radical (unpaired) electrons. The van der Waals surface area contributed by atoms with Crippen LogP contribution in [0.2, 0.25) is 0 Å². The number of rotatable bonds is 6. The molecule has 0 amide bonds. The fourth-order valence-corrected chi connectivity index (χ4v) is 1.15. The monoisotopic (exact) mass is 211 g/mol. The molecular formula is C12H18FNO. The first-order chi connectivity index (χ1) is 7.22. The topological polar surface area (TPSA) is 21.3 Å². The van der Waals surface area contributed by atoms with Crippen molar-refractivity contribution in [3.05, 3.63) is 30.1 Å². The minimum atomic E-state index is -0.236. The molecule has 0 aliphatic carbocycles. The van der Waals surface area contributed by atoms with Crippen molar-refractivity contribution in [3.8, 4) is 5.75 Å². The van der Waals surface area contributed by atoms with Gasteiger partial charge in [-0.25, -0.2) is 4.39 Å². The molecule has 0 aliphatic rings. The van der Waals surface area contributed by atoms with Crippen LogP contribution in [0.5, 0.6) is 5.75 Å². The molecule has 0 bridgehead atoms. The molecule has 0 aliphatic heterocycles. The lowest BCUT2D eigenvalue weighted by atomic mass is 10.3. The Morgan fingerprint density at radius 2 is 2.00 bits per heavy atom. The Bertz CT molecular complexity index is 273. The van der Waals surface area contributed by atoms with E-state index in [1.165, 1.54) is 12.1 Å². The van der Waals surface area contributed by atoms with E-state index >= 15 is 0 Å². The van der Waals surface area contributed by atoms with Crippen LogP contribution in [-0.2, 0) is 0 Å². The van der Waals surface area contributed by atoms with Crippen LogP contribution in [0.25, 0.3) is 0 Å². The summed E-state index contributed by atoms with van der Waals surface area (Å²) >= 11 is 0. The molecule has 1 rings (SSSR count). The Balaban J connectivity index is 2.17. The summed E-state index contributed by atoms with van der Waals surface area (Å²) in [5, 5.41) is 3.31. The third-order valence-corrected chi connectivity index (χ3v) is 2.29. The lowest BCUT2D eigenvalue weighted by molar-refractivity contribution is 0.305.